The summed E-state index contributed by atoms with van der Waals surface area (Å²) in [6.45, 7) is 2.88. The first-order valence-electron chi connectivity index (χ1n) is 6.79. The molecule has 0 atom stereocenters. The SMILES string of the molecule is CCCN(C(=O)c1cc2cc(N)ccc2o1)C1CC1. The van der Waals surface area contributed by atoms with Crippen molar-refractivity contribution >= 4 is 22.6 Å². The Hall–Kier alpha value is -1.97. The van der Waals surface area contributed by atoms with Gasteiger partial charge in [0.05, 0.1) is 0 Å². The molecule has 0 bridgehead atoms. The van der Waals surface area contributed by atoms with Crippen LogP contribution in [0, 0.1) is 0 Å². The predicted molar refractivity (Wildman–Crippen MR) is 75.0 cm³/mol. The van der Waals surface area contributed by atoms with Crippen LogP contribution in [-0.4, -0.2) is 23.4 Å². The molecule has 19 heavy (non-hydrogen) atoms. The van der Waals surface area contributed by atoms with E-state index in [0.717, 1.165) is 31.2 Å². The van der Waals surface area contributed by atoms with Crippen LogP contribution in [-0.2, 0) is 0 Å². The van der Waals surface area contributed by atoms with Crippen LogP contribution in [0.5, 0.6) is 0 Å². The largest absolute Gasteiger partial charge is 0.451 e. The summed E-state index contributed by atoms with van der Waals surface area (Å²) in [4.78, 5) is 14.4. The fourth-order valence-corrected chi connectivity index (χ4v) is 2.39. The number of nitrogens with two attached hydrogens (primary N) is 1. The number of fused-ring (bicyclic) bond motifs is 1. The highest BCUT2D eigenvalue weighted by molar-refractivity contribution is 5.97. The van der Waals surface area contributed by atoms with Crippen molar-refractivity contribution in [3.05, 3.63) is 30.0 Å². The number of carbonyl (C=O) groups excluding carboxylic acids is 1. The van der Waals surface area contributed by atoms with Crippen molar-refractivity contribution in [1.82, 2.24) is 4.90 Å². The molecule has 1 aromatic carbocycles. The van der Waals surface area contributed by atoms with Crippen LogP contribution in [0.3, 0.4) is 0 Å². The Kier molecular flexibility index (Phi) is 2.93. The second-order valence-corrected chi connectivity index (χ2v) is 5.14. The molecule has 0 radical (unpaired) electrons. The lowest BCUT2D eigenvalue weighted by molar-refractivity contribution is 0.0713. The zero-order valence-corrected chi connectivity index (χ0v) is 11.1. The number of nitrogen functional groups attached to an aromatic ring is 1. The Morgan fingerprint density at radius 2 is 2.21 bits per heavy atom. The average molecular weight is 258 g/mol. The highest BCUT2D eigenvalue weighted by Gasteiger charge is 2.33. The van der Waals surface area contributed by atoms with Crippen molar-refractivity contribution < 1.29 is 9.21 Å². The van der Waals surface area contributed by atoms with Gasteiger partial charge in [0, 0.05) is 23.7 Å². The summed E-state index contributed by atoms with van der Waals surface area (Å²) in [5.74, 6) is 0.417. The van der Waals surface area contributed by atoms with Gasteiger partial charge in [-0.15, -0.1) is 0 Å². The van der Waals surface area contributed by atoms with Gasteiger partial charge in [0.15, 0.2) is 5.76 Å². The molecule has 1 saturated carbocycles. The van der Waals surface area contributed by atoms with Gasteiger partial charge in [0.25, 0.3) is 5.91 Å². The maximum atomic E-state index is 12.5. The van der Waals surface area contributed by atoms with E-state index in [1.165, 1.54) is 0 Å². The van der Waals surface area contributed by atoms with Crippen molar-refractivity contribution in [2.75, 3.05) is 12.3 Å². The van der Waals surface area contributed by atoms with Crippen LogP contribution < -0.4 is 5.73 Å². The first-order valence-corrected chi connectivity index (χ1v) is 6.79. The molecule has 1 fully saturated rings. The van der Waals surface area contributed by atoms with Crippen molar-refractivity contribution in [2.45, 2.75) is 32.2 Å². The van der Waals surface area contributed by atoms with Crippen molar-refractivity contribution in [3.8, 4) is 0 Å². The molecule has 0 aliphatic heterocycles. The first-order chi connectivity index (χ1) is 9.19. The van der Waals surface area contributed by atoms with E-state index < -0.39 is 0 Å². The smallest absolute Gasteiger partial charge is 0.289 e. The Morgan fingerprint density at radius 1 is 1.42 bits per heavy atom. The van der Waals surface area contributed by atoms with Crippen LogP contribution in [0.15, 0.2) is 28.7 Å². The monoisotopic (exact) mass is 258 g/mol. The van der Waals surface area contributed by atoms with E-state index in [2.05, 4.69) is 6.92 Å². The van der Waals surface area contributed by atoms with Crippen molar-refractivity contribution in [3.63, 3.8) is 0 Å². The number of anilines is 1. The topological polar surface area (TPSA) is 59.5 Å². The summed E-state index contributed by atoms with van der Waals surface area (Å²) < 4.78 is 5.64. The van der Waals surface area contributed by atoms with Gasteiger partial charge in [-0.05, 0) is 43.5 Å². The Morgan fingerprint density at radius 3 is 2.89 bits per heavy atom. The summed E-state index contributed by atoms with van der Waals surface area (Å²) in [7, 11) is 0. The van der Waals surface area contributed by atoms with E-state index in [1.54, 1.807) is 12.1 Å². The maximum absolute atomic E-state index is 12.5. The number of furan rings is 1. The average Bonchev–Trinajstić information content (AvgIpc) is 3.14. The number of rotatable bonds is 4. The van der Waals surface area contributed by atoms with Crippen LogP contribution in [0.4, 0.5) is 5.69 Å². The second-order valence-electron chi connectivity index (χ2n) is 5.14. The molecular formula is C15H18N2O2. The standard InChI is InChI=1S/C15H18N2O2/c1-2-7-17(12-4-5-12)15(18)14-9-10-8-11(16)3-6-13(10)19-14/h3,6,8-9,12H,2,4-5,7,16H2,1H3. The van der Waals surface area contributed by atoms with Gasteiger partial charge in [-0.2, -0.15) is 0 Å². The molecule has 1 heterocycles. The van der Waals surface area contributed by atoms with Gasteiger partial charge in [0.1, 0.15) is 5.58 Å². The lowest BCUT2D eigenvalue weighted by Gasteiger charge is -2.20. The summed E-state index contributed by atoms with van der Waals surface area (Å²) in [5, 5.41) is 0.885. The number of amides is 1. The third-order valence-corrected chi connectivity index (χ3v) is 3.46. The molecule has 100 valence electrons. The molecule has 1 aromatic heterocycles. The molecule has 0 spiro atoms. The summed E-state index contributed by atoms with van der Waals surface area (Å²) in [6.07, 6.45) is 3.19. The minimum atomic E-state index is -0.000813. The minimum Gasteiger partial charge on any atom is -0.451 e. The van der Waals surface area contributed by atoms with Crippen molar-refractivity contribution in [1.29, 1.82) is 0 Å². The fraction of sp³-hybridized carbons (Fsp3) is 0.400. The Labute approximate surface area is 112 Å². The Bertz CT molecular complexity index is 614. The molecule has 1 amide bonds. The summed E-state index contributed by atoms with van der Waals surface area (Å²) >= 11 is 0. The number of carbonyl (C=O) groups is 1. The van der Waals surface area contributed by atoms with Gasteiger partial charge in [-0.25, -0.2) is 0 Å². The quantitative estimate of drug-likeness (QED) is 0.857. The molecule has 0 saturated heterocycles. The number of benzene rings is 1. The number of hydrogen-bond acceptors (Lipinski definition) is 3. The molecule has 2 N–H and O–H groups in total. The lowest BCUT2D eigenvalue weighted by Crippen LogP contribution is -2.33. The van der Waals surface area contributed by atoms with E-state index in [4.69, 9.17) is 10.2 Å². The predicted octanol–water partition coefficient (Wildman–Crippen LogP) is 3.03. The zero-order chi connectivity index (χ0) is 13.4. The molecule has 3 rings (SSSR count). The molecule has 2 aromatic rings. The van der Waals surface area contributed by atoms with Crippen LogP contribution in [0.2, 0.25) is 0 Å². The van der Waals surface area contributed by atoms with E-state index in [-0.39, 0.29) is 5.91 Å². The zero-order valence-electron chi connectivity index (χ0n) is 11.1. The van der Waals surface area contributed by atoms with E-state index >= 15 is 0 Å². The third-order valence-electron chi connectivity index (χ3n) is 3.46. The van der Waals surface area contributed by atoms with Gasteiger partial charge >= 0.3 is 0 Å². The normalized spacial score (nSPS) is 14.8. The molecule has 4 heteroatoms. The number of nitrogens with zero attached hydrogens (tertiary/aromatic N) is 1. The van der Waals surface area contributed by atoms with Crippen LogP contribution in [0.1, 0.15) is 36.7 Å². The summed E-state index contributed by atoms with van der Waals surface area (Å²) in [5.41, 5.74) is 7.13. The van der Waals surface area contributed by atoms with E-state index in [1.807, 2.05) is 17.0 Å². The van der Waals surface area contributed by atoms with Gasteiger partial charge in [-0.3, -0.25) is 4.79 Å². The van der Waals surface area contributed by atoms with Crippen molar-refractivity contribution in [2.24, 2.45) is 0 Å². The highest BCUT2D eigenvalue weighted by atomic mass is 16.3. The third kappa shape index (κ3) is 2.30. The maximum Gasteiger partial charge on any atom is 0.289 e. The van der Waals surface area contributed by atoms with E-state index in [0.29, 0.717) is 23.1 Å². The molecular weight excluding hydrogens is 240 g/mol. The Balaban J connectivity index is 1.91. The second kappa shape index (κ2) is 4.61. The van der Waals surface area contributed by atoms with Crippen LogP contribution >= 0.6 is 0 Å². The molecule has 1 aliphatic rings. The lowest BCUT2D eigenvalue weighted by atomic mass is 10.2. The fourth-order valence-electron chi connectivity index (χ4n) is 2.39. The van der Waals surface area contributed by atoms with E-state index in [9.17, 15) is 4.79 Å². The number of hydrogen-bond donors (Lipinski definition) is 1. The first kappa shape index (κ1) is 12.1. The van der Waals surface area contributed by atoms with Gasteiger partial charge in [-0.1, -0.05) is 6.92 Å². The molecule has 0 unspecified atom stereocenters. The minimum absolute atomic E-state index is 0.000813. The van der Waals surface area contributed by atoms with Gasteiger partial charge < -0.3 is 15.1 Å². The highest BCUT2D eigenvalue weighted by Crippen LogP contribution is 2.30. The van der Waals surface area contributed by atoms with Gasteiger partial charge in [0.2, 0.25) is 0 Å². The summed E-state index contributed by atoms with van der Waals surface area (Å²) in [6, 6.07) is 7.62. The molecule has 4 nitrogen and oxygen atoms in total. The van der Waals surface area contributed by atoms with Crippen LogP contribution in [0.25, 0.3) is 11.0 Å². The molecule has 1 aliphatic carbocycles.